The number of ketones is 1. The third kappa shape index (κ3) is 6.05. The summed E-state index contributed by atoms with van der Waals surface area (Å²) >= 11 is 0. The van der Waals surface area contributed by atoms with Gasteiger partial charge in [-0.15, -0.1) is 0 Å². The second-order valence-corrected chi connectivity index (χ2v) is 14.9. The van der Waals surface area contributed by atoms with Crippen molar-refractivity contribution in [2.24, 2.45) is 63.7 Å². The number of hydrogen-bond donors (Lipinski definition) is 2. The Morgan fingerprint density at radius 3 is 2.33 bits per heavy atom. The van der Waals surface area contributed by atoms with Crippen LogP contribution in [-0.4, -0.2) is 30.4 Å². The van der Waals surface area contributed by atoms with Gasteiger partial charge >= 0.3 is 5.97 Å². The molecule has 4 rings (SSSR count). The molecule has 4 N–H and O–H groups in total. The summed E-state index contributed by atoms with van der Waals surface area (Å²) in [6.45, 7) is 16.4. The molecule has 4 fully saturated rings. The highest BCUT2D eigenvalue weighted by Crippen LogP contribution is 2.68. The minimum Gasteiger partial charge on any atom is -0.462 e. The molecule has 0 heterocycles. The third-order valence-corrected chi connectivity index (χ3v) is 12.4. The number of fused-ring (bicyclic) bond motifs is 5. The average molecular weight is 543 g/mol. The Morgan fingerprint density at radius 1 is 0.974 bits per heavy atom. The van der Waals surface area contributed by atoms with Crippen LogP contribution in [-0.2, 0) is 14.3 Å². The second kappa shape index (κ2) is 12.3. The van der Waals surface area contributed by atoms with Crippen molar-refractivity contribution in [3.63, 3.8) is 0 Å². The Balaban J connectivity index is 1.35. The van der Waals surface area contributed by atoms with Gasteiger partial charge in [0, 0.05) is 6.42 Å². The molecule has 10 atom stereocenters. The maximum atomic E-state index is 13.3. The fourth-order valence-electron chi connectivity index (χ4n) is 10.0. The number of allylic oxidation sites excluding steroid dienone is 1. The maximum Gasteiger partial charge on any atom is 0.309 e. The first-order chi connectivity index (χ1) is 18.4. The Labute approximate surface area is 238 Å². The molecule has 222 valence electrons. The first-order valence-corrected chi connectivity index (χ1v) is 16.3. The second-order valence-electron chi connectivity index (χ2n) is 14.9. The summed E-state index contributed by atoms with van der Waals surface area (Å²) in [5.41, 5.74) is 13.9. The molecule has 0 aromatic heterocycles. The van der Waals surface area contributed by atoms with Gasteiger partial charge in [0.2, 0.25) is 0 Å². The standard InChI is InChI=1S/C34H58N2O3/c1-21(2)26(20-31(37)30(36)9-7-8-18-35)32(38)39-24-14-16-33(5)23(19-24)10-11-25-28-13-12-27(22(3)4)34(28,6)17-15-29(25)33/h21,23-30H,3,7-20,35-36H2,1-2,4-6H3/t23-,24+,25-,26-,27?,28-,29-,30-,33-,34+/m0/s1. The minimum absolute atomic E-state index is 0.0187. The summed E-state index contributed by atoms with van der Waals surface area (Å²) in [4.78, 5) is 26.1. The summed E-state index contributed by atoms with van der Waals surface area (Å²) in [5, 5.41) is 0. The van der Waals surface area contributed by atoms with Crippen LogP contribution in [0.5, 0.6) is 0 Å². The average Bonchev–Trinajstić information content (AvgIpc) is 3.24. The van der Waals surface area contributed by atoms with E-state index in [1.165, 1.54) is 44.1 Å². The van der Waals surface area contributed by atoms with Gasteiger partial charge < -0.3 is 16.2 Å². The number of ether oxygens (including phenoxy) is 1. The summed E-state index contributed by atoms with van der Waals surface area (Å²) in [6, 6.07) is -0.515. The van der Waals surface area contributed by atoms with Crippen LogP contribution in [0.2, 0.25) is 0 Å². The van der Waals surface area contributed by atoms with E-state index >= 15 is 0 Å². The van der Waals surface area contributed by atoms with E-state index in [2.05, 4.69) is 27.4 Å². The molecule has 0 amide bonds. The molecular weight excluding hydrogens is 484 g/mol. The van der Waals surface area contributed by atoms with Gasteiger partial charge in [-0.3, -0.25) is 9.59 Å². The van der Waals surface area contributed by atoms with Crippen molar-refractivity contribution in [1.82, 2.24) is 0 Å². The molecule has 0 spiro atoms. The quantitative estimate of drug-likeness (QED) is 0.170. The molecule has 4 saturated carbocycles. The molecule has 5 heteroatoms. The zero-order chi connectivity index (χ0) is 28.5. The summed E-state index contributed by atoms with van der Waals surface area (Å²) in [7, 11) is 0. The van der Waals surface area contributed by atoms with Crippen LogP contribution in [0.4, 0.5) is 0 Å². The molecule has 1 unspecified atom stereocenters. The number of carbonyl (C=O) groups excluding carboxylic acids is 2. The molecule has 0 aromatic carbocycles. The molecule has 39 heavy (non-hydrogen) atoms. The van der Waals surface area contributed by atoms with Crippen molar-refractivity contribution in [2.45, 2.75) is 130 Å². The minimum atomic E-state index is -0.515. The smallest absolute Gasteiger partial charge is 0.309 e. The number of hydrogen-bond acceptors (Lipinski definition) is 5. The van der Waals surface area contributed by atoms with Gasteiger partial charge in [0.15, 0.2) is 0 Å². The topological polar surface area (TPSA) is 95.4 Å². The monoisotopic (exact) mass is 542 g/mol. The summed E-state index contributed by atoms with van der Waals surface area (Å²) < 4.78 is 6.19. The van der Waals surface area contributed by atoms with Gasteiger partial charge in [0.1, 0.15) is 11.9 Å². The van der Waals surface area contributed by atoms with Gasteiger partial charge in [-0.1, -0.05) is 46.3 Å². The number of unbranched alkanes of at least 4 members (excludes halogenated alkanes) is 1. The lowest BCUT2D eigenvalue weighted by Gasteiger charge is -2.61. The fraction of sp³-hybridized carbons (Fsp3) is 0.882. The highest BCUT2D eigenvalue weighted by molar-refractivity contribution is 5.88. The van der Waals surface area contributed by atoms with Gasteiger partial charge in [0.25, 0.3) is 0 Å². The van der Waals surface area contributed by atoms with E-state index in [1.807, 2.05) is 13.8 Å². The lowest BCUT2D eigenvalue weighted by Crippen LogP contribution is -2.54. The Kier molecular flexibility index (Phi) is 9.74. The SMILES string of the molecule is C=C(C)C1CC[C@H]2[C@@H]3CC[C@H]4C[C@H](OC(=O)[C@@H](CC(=O)[C@@H](N)CCCCN)C(C)C)CC[C@]4(C)[C@H]3CC[C@]12C. The fourth-order valence-corrected chi connectivity index (χ4v) is 10.0. The lowest BCUT2D eigenvalue weighted by atomic mass is 9.44. The van der Waals surface area contributed by atoms with Crippen LogP contribution in [0, 0.1) is 52.3 Å². The van der Waals surface area contributed by atoms with Crippen molar-refractivity contribution in [1.29, 1.82) is 0 Å². The van der Waals surface area contributed by atoms with Gasteiger partial charge in [-0.25, -0.2) is 0 Å². The van der Waals surface area contributed by atoms with Crippen LogP contribution in [0.25, 0.3) is 0 Å². The Hall–Kier alpha value is -1.20. The largest absolute Gasteiger partial charge is 0.462 e. The highest BCUT2D eigenvalue weighted by Gasteiger charge is 2.60. The number of nitrogens with two attached hydrogens (primary N) is 2. The Morgan fingerprint density at radius 2 is 1.67 bits per heavy atom. The van der Waals surface area contributed by atoms with Crippen molar-refractivity contribution >= 4 is 11.8 Å². The molecule has 0 saturated heterocycles. The summed E-state index contributed by atoms with van der Waals surface area (Å²) in [5.74, 6) is 3.23. The molecule has 5 nitrogen and oxygen atoms in total. The van der Waals surface area contributed by atoms with Crippen LogP contribution in [0.1, 0.15) is 118 Å². The molecule has 0 radical (unpaired) electrons. The van der Waals surface area contributed by atoms with Crippen LogP contribution in [0.3, 0.4) is 0 Å². The van der Waals surface area contributed by atoms with E-state index in [0.717, 1.165) is 49.9 Å². The zero-order valence-corrected chi connectivity index (χ0v) is 25.7. The normalized spacial score (nSPS) is 39.3. The van der Waals surface area contributed by atoms with Crippen LogP contribution >= 0.6 is 0 Å². The predicted molar refractivity (Wildman–Crippen MR) is 159 cm³/mol. The van der Waals surface area contributed by atoms with Crippen LogP contribution in [0.15, 0.2) is 12.2 Å². The van der Waals surface area contributed by atoms with E-state index in [9.17, 15) is 9.59 Å². The Bertz CT molecular complexity index is 901. The first-order valence-electron chi connectivity index (χ1n) is 16.3. The van der Waals surface area contributed by atoms with E-state index in [0.29, 0.717) is 35.6 Å². The summed E-state index contributed by atoms with van der Waals surface area (Å²) in [6.07, 6.45) is 13.6. The van der Waals surface area contributed by atoms with E-state index in [1.54, 1.807) is 0 Å². The first kappa shape index (κ1) is 30.8. The molecular formula is C34H58N2O3. The molecule has 0 aliphatic heterocycles. The van der Waals surface area contributed by atoms with E-state index < -0.39 is 12.0 Å². The maximum absolute atomic E-state index is 13.3. The van der Waals surface area contributed by atoms with Gasteiger partial charge in [-0.2, -0.15) is 0 Å². The lowest BCUT2D eigenvalue weighted by molar-refractivity contribution is -0.168. The van der Waals surface area contributed by atoms with E-state index in [4.69, 9.17) is 16.2 Å². The molecule has 4 aliphatic carbocycles. The van der Waals surface area contributed by atoms with Crippen LogP contribution < -0.4 is 11.5 Å². The van der Waals surface area contributed by atoms with E-state index in [-0.39, 0.29) is 30.2 Å². The van der Waals surface area contributed by atoms with Crippen molar-refractivity contribution < 1.29 is 14.3 Å². The van der Waals surface area contributed by atoms with Crippen molar-refractivity contribution in [3.8, 4) is 0 Å². The van der Waals surface area contributed by atoms with Gasteiger partial charge in [-0.05, 0) is 130 Å². The highest BCUT2D eigenvalue weighted by atomic mass is 16.5. The molecule has 0 aromatic rings. The number of rotatable bonds is 11. The molecule has 0 bridgehead atoms. The number of Topliss-reactive ketones (excluding diaryl/α,β-unsaturated/α-hetero) is 1. The third-order valence-electron chi connectivity index (χ3n) is 12.4. The predicted octanol–water partition coefficient (Wildman–Crippen LogP) is 6.82. The van der Waals surface area contributed by atoms with Crippen molar-refractivity contribution in [2.75, 3.05) is 6.54 Å². The molecule has 4 aliphatic rings. The van der Waals surface area contributed by atoms with Crippen molar-refractivity contribution in [3.05, 3.63) is 12.2 Å². The van der Waals surface area contributed by atoms with Gasteiger partial charge in [0.05, 0.1) is 12.0 Å². The number of esters is 1. The number of carbonyl (C=O) groups is 2. The zero-order valence-electron chi connectivity index (χ0n) is 25.7.